The molecule has 3 aromatic rings. The summed E-state index contributed by atoms with van der Waals surface area (Å²) in [6.45, 7) is 8.57. The maximum atomic E-state index is 12.8. The van der Waals surface area contributed by atoms with Crippen LogP contribution in [0.3, 0.4) is 0 Å². The summed E-state index contributed by atoms with van der Waals surface area (Å²) in [5, 5.41) is 13.2. The summed E-state index contributed by atoms with van der Waals surface area (Å²) >= 11 is 0. The molecule has 10 heteroatoms. The van der Waals surface area contributed by atoms with E-state index in [1.807, 2.05) is 37.0 Å². The summed E-state index contributed by atoms with van der Waals surface area (Å²) in [6.07, 6.45) is 5.74. The van der Waals surface area contributed by atoms with E-state index in [4.69, 9.17) is 9.72 Å². The maximum absolute atomic E-state index is 12.8. The molecule has 1 saturated heterocycles. The fourth-order valence-electron chi connectivity index (χ4n) is 5.32. The molecule has 6 rings (SSSR count). The molecule has 3 aliphatic heterocycles. The van der Waals surface area contributed by atoms with E-state index in [9.17, 15) is 4.79 Å². The van der Waals surface area contributed by atoms with Gasteiger partial charge in [-0.1, -0.05) is 0 Å². The van der Waals surface area contributed by atoms with Crippen LogP contribution in [0.25, 0.3) is 0 Å². The highest BCUT2D eigenvalue weighted by Gasteiger charge is 2.42. The first-order valence-corrected chi connectivity index (χ1v) is 12.1. The maximum Gasteiger partial charge on any atom is 0.274 e. The molecule has 0 aliphatic carbocycles. The highest BCUT2D eigenvalue weighted by atomic mass is 16.5. The van der Waals surface area contributed by atoms with Gasteiger partial charge < -0.3 is 19.4 Å². The third kappa shape index (κ3) is 3.81. The highest BCUT2D eigenvalue weighted by Crippen LogP contribution is 2.32. The zero-order valence-corrected chi connectivity index (χ0v) is 20.4. The lowest BCUT2D eigenvalue weighted by atomic mass is 9.96. The van der Waals surface area contributed by atoms with Gasteiger partial charge in [0.2, 0.25) is 0 Å². The number of aromatic nitrogens is 5. The third-order valence-electron chi connectivity index (χ3n) is 7.37. The molecule has 35 heavy (non-hydrogen) atoms. The second kappa shape index (κ2) is 8.30. The Hall–Kier alpha value is -3.53. The molecule has 0 atom stereocenters. The van der Waals surface area contributed by atoms with Crippen molar-refractivity contribution >= 4 is 23.2 Å². The number of aryl methyl sites for hydroxylation is 2. The largest absolute Gasteiger partial charge is 0.375 e. The lowest BCUT2D eigenvalue weighted by molar-refractivity contribution is -0.0949. The van der Waals surface area contributed by atoms with Gasteiger partial charge in [-0.15, -0.1) is 10.2 Å². The molecular formula is C25H30N8O2. The molecule has 1 fully saturated rings. The van der Waals surface area contributed by atoms with Crippen molar-refractivity contribution in [3.05, 3.63) is 53.1 Å². The topological polar surface area (TPSA) is 92.5 Å². The molecule has 0 bridgehead atoms. The van der Waals surface area contributed by atoms with Crippen LogP contribution in [0.1, 0.15) is 40.7 Å². The van der Waals surface area contributed by atoms with Gasteiger partial charge >= 0.3 is 0 Å². The summed E-state index contributed by atoms with van der Waals surface area (Å²) in [5.74, 6) is 1.83. The van der Waals surface area contributed by atoms with Crippen LogP contribution in [0, 0.1) is 6.92 Å². The summed E-state index contributed by atoms with van der Waals surface area (Å²) in [7, 11) is 1.68. The van der Waals surface area contributed by atoms with Crippen molar-refractivity contribution in [2.24, 2.45) is 0 Å². The zero-order chi connectivity index (χ0) is 24.2. The number of carbonyl (C=O) groups is 1. The number of carbonyl (C=O) groups excluding carboxylic acids is 1. The average molecular weight is 475 g/mol. The van der Waals surface area contributed by atoms with Gasteiger partial charge in [-0.05, 0) is 43.5 Å². The Bertz CT molecular complexity index is 1280. The molecule has 3 aromatic heterocycles. The number of ether oxygens (including phenoxy) is 1. The van der Waals surface area contributed by atoms with Crippen molar-refractivity contribution in [3.63, 3.8) is 0 Å². The van der Waals surface area contributed by atoms with Crippen LogP contribution < -0.4 is 9.80 Å². The minimum atomic E-state index is -0.264. The number of pyridine rings is 1. The summed E-state index contributed by atoms with van der Waals surface area (Å²) < 4.78 is 7.50. The van der Waals surface area contributed by atoms with Crippen LogP contribution >= 0.6 is 0 Å². The number of amides is 1. The van der Waals surface area contributed by atoms with Gasteiger partial charge in [0.1, 0.15) is 11.4 Å². The van der Waals surface area contributed by atoms with Gasteiger partial charge in [0.05, 0.1) is 31.2 Å². The van der Waals surface area contributed by atoms with Crippen molar-refractivity contribution < 1.29 is 9.53 Å². The van der Waals surface area contributed by atoms with E-state index in [0.717, 1.165) is 61.1 Å². The molecule has 0 unspecified atom stereocenters. The number of hydrogen-bond donors (Lipinski definition) is 0. The predicted octanol–water partition coefficient (Wildman–Crippen LogP) is 2.34. The Balaban J connectivity index is 1.20. The molecule has 0 saturated carbocycles. The molecule has 1 amide bonds. The van der Waals surface area contributed by atoms with E-state index in [1.54, 1.807) is 12.0 Å². The first-order chi connectivity index (χ1) is 16.9. The molecule has 0 radical (unpaired) electrons. The zero-order valence-electron chi connectivity index (χ0n) is 20.4. The summed E-state index contributed by atoms with van der Waals surface area (Å²) in [5.41, 5.74) is 4.49. The lowest BCUT2D eigenvalue weighted by Crippen LogP contribution is -2.62. The first-order valence-electron chi connectivity index (χ1n) is 12.1. The fraction of sp³-hybridized carbons (Fsp3) is 0.480. The second-order valence-electron chi connectivity index (χ2n) is 9.94. The van der Waals surface area contributed by atoms with Gasteiger partial charge in [-0.2, -0.15) is 5.10 Å². The number of nitrogens with zero attached hydrogens (tertiary/aromatic N) is 8. The van der Waals surface area contributed by atoms with Crippen LogP contribution in [0.2, 0.25) is 0 Å². The number of hydrogen-bond acceptors (Lipinski definition) is 8. The number of anilines is 3. The Labute approximate surface area is 204 Å². The van der Waals surface area contributed by atoms with Crippen molar-refractivity contribution in [3.8, 4) is 0 Å². The number of methoxy groups -OCH3 is 1. The fourth-order valence-corrected chi connectivity index (χ4v) is 5.32. The molecule has 3 aliphatic rings. The van der Waals surface area contributed by atoms with Crippen molar-refractivity contribution in [2.75, 3.05) is 43.1 Å². The minimum absolute atomic E-state index is 0.0970. The Morgan fingerprint density at radius 1 is 1.14 bits per heavy atom. The lowest BCUT2D eigenvalue weighted by Gasteiger charge is -2.46. The average Bonchev–Trinajstić information content (AvgIpc) is 3.35. The van der Waals surface area contributed by atoms with Gasteiger partial charge in [0.25, 0.3) is 5.91 Å². The van der Waals surface area contributed by atoms with E-state index < -0.39 is 0 Å². The molecular weight excluding hydrogens is 444 g/mol. The van der Waals surface area contributed by atoms with Gasteiger partial charge in [0.15, 0.2) is 11.5 Å². The molecule has 182 valence electrons. The summed E-state index contributed by atoms with van der Waals surface area (Å²) in [6, 6.07) is 6.16. The van der Waals surface area contributed by atoms with E-state index in [-0.39, 0.29) is 11.5 Å². The Morgan fingerprint density at radius 3 is 2.80 bits per heavy atom. The van der Waals surface area contributed by atoms with Gasteiger partial charge in [-0.25, -0.2) is 4.68 Å². The second-order valence-corrected chi connectivity index (χ2v) is 9.94. The predicted molar refractivity (Wildman–Crippen MR) is 131 cm³/mol. The Morgan fingerprint density at radius 2 is 2.00 bits per heavy atom. The van der Waals surface area contributed by atoms with Crippen molar-refractivity contribution in [1.82, 2.24) is 29.9 Å². The molecule has 0 spiro atoms. The van der Waals surface area contributed by atoms with Crippen LogP contribution in [0.15, 0.2) is 30.6 Å². The standard InChI is InChI=1S/C25H30N8O2/c1-17-11-21(24(34)31-15-25(2,16-31)35-3)28-29-23(17)30-10-6-20-18(14-30)12-19(13-26-20)32-8-4-9-33-22(32)5-7-27-33/h5,7,11-13H,4,6,8-10,14-16H2,1-3H3. The van der Waals surface area contributed by atoms with Gasteiger partial charge in [-0.3, -0.25) is 9.78 Å². The first kappa shape index (κ1) is 22.0. The summed E-state index contributed by atoms with van der Waals surface area (Å²) in [4.78, 5) is 23.9. The van der Waals surface area contributed by atoms with Crippen LogP contribution in [-0.2, 0) is 24.2 Å². The van der Waals surface area contributed by atoms with E-state index in [2.05, 4.69) is 37.2 Å². The smallest absolute Gasteiger partial charge is 0.274 e. The highest BCUT2D eigenvalue weighted by molar-refractivity contribution is 5.93. The minimum Gasteiger partial charge on any atom is -0.375 e. The SMILES string of the molecule is COC1(C)CN(C(=O)c2cc(C)c(N3CCc4ncc(N5CCCn6nccc65)cc4C3)nn2)C1. The number of likely N-dealkylation sites (tertiary alicyclic amines) is 1. The third-order valence-corrected chi connectivity index (χ3v) is 7.37. The molecule has 0 N–H and O–H groups in total. The number of fused-ring (bicyclic) bond motifs is 2. The van der Waals surface area contributed by atoms with Gasteiger partial charge in [0, 0.05) is 51.5 Å². The Kier molecular flexibility index (Phi) is 5.21. The van der Waals surface area contributed by atoms with E-state index >= 15 is 0 Å². The molecule has 6 heterocycles. The van der Waals surface area contributed by atoms with E-state index in [0.29, 0.717) is 25.3 Å². The van der Waals surface area contributed by atoms with E-state index in [1.165, 1.54) is 5.56 Å². The van der Waals surface area contributed by atoms with Crippen LogP contribution in [0.4, 0.5) is 17.3 Å². The quantitative estimate of drug-likeness (QED) is 0.569. The monoisotopic (exact) mass is 474 g/mol. The molecule has 10 nitrogen and oxygen atoms in total. The van der Waals surface area contributed by atoms with Crippen LogP contribution in [0.5, 0.6) is 0 Å². The number of rotatable bonds is 4. The van der Waals surface area contributed by atoms with Crippen molar-refractivity contribution in [1.29, 1.82) is 0 Å². The molecule has 0 aromatic carbocycles. The van der Waals surface area contributed by atoms with Crippen LogP contribution in [-0.4, -0.2) is 74.7 Å². The van der Waals surface area contributed by atoms with Crippen molar-refractivity contribution in [2.45, 2.75) is 45.4 Å². The normalized spacial score (nSPS) is 18.7.